The third-order valence-corrected chi connectivity index (χ3v) is 4.55. The summed E-state index contributed by atoms with van der Waals surface area (Å²) < 4.78 is 9.31. The van der Waals surface area contributed by atoms with Crippen LogP contribution >= 0.6 is 11.5 Å². The number of hydrogen-bond acceptors (Lipinski definition) is 6. The Balaban J connectivity index is 1.53. The number of anilines is 1. The summed E-state index contributed by atoms with van der Waals surface area (Å²) in [4.78, 5) is 18.2. The average molecular weight is 332 g/mol. The zero-order chi connectivity index (χ0) is 16.1. The first kappa shape index (κ1) is 15.9. The molecule has 0 saturated carbocycles. The number of likely N-dealkylation sites (tertiary alicyclic amines) is 1. The molecule has 2 heterocycles. The first-order valence-corrected chi connectivity index (χ1v) is 8.46. The predicted octanol–water partition coefficient (Wildman–Crippen LogP) is 2.25. The summed E-state index contributed by atoms with van der Waals surface area (Å²) in [6.07, 6.45) is 1.82. The van der Waals surface area contributed by atoms with E-state index in [0.717, 1.165) is 42.5 Å². The van der Waals surface area contributed by atoms with Gasteiger partial charge in [-0.25, -0.2) is 0 Å². The SMILES string of the molecule is COCC(=O)N1CCC(Nc2nc(-c3ccccc3)ns2)CC1. The number of carbonyl (C=O) groups excluding carboxylic acids is 1. The first-order chi connectivity index (χ1) is 11.3. The minimum Gasteiger partial charge on any atom is -0.375 e. The van der Waals surface area contributed by atoms with Crippen LogP contribution in [0, 0.1) is 0 Å². The fourth-order valence-electron chi connectivity index (χ4n) is 2.65. The Morgan fingerprint density at radius 1 is 1.35 bits per heavy atom. The number of carbonyl (C=O) groups is 1. The van der Waals surface area contributed by atoms with E-state index in [1.54, 1.807) is 7.11 Å². The number of nitrogens with one attached hydrogen (secondary N) is 1. The first-order valence-electron chi connectivity index (χ1n) is 7.68. The van der Waals surface area contributed by atoms with E-state index in [1.807, 2.05) is 35.2 Å². The molecule has 0 spiro atoms. The van der Waals surface area contributed by atoms with Crippen molar-refractivity contribution >= 4 is 22.6 Å². The molecular formula is C16H20N4O2S. The van der Waals surface area contributed by atoms with Gasteiger partial charge in [0.05, 0.1) is 0 Å². The van der Waals surface area contributed by atoms with E-state index >= 15 is 0 Å². The maximum Gasteiger partial charge on any atom is 0.248 e. The van der Waals surface area contributed by atoms with Crippen LogP contribution in [0.3, 0.4) is 0 Å². The number of piperidine rings is 1. The fourth-order valence-corrected chi connectivity index (χ4v) is 3.32. The third kappa shape index (κ3) is 4.05. The van der Waals surface area contributed by atoms with E-state index in [-0.39, 0.29) is 12.5 Å². The second-order valence-corrected chi connectivity index (χ2v) is 6.27. The van der Waals surface area contributed by atoms with Crippen molar-refractivity contribution in [1.82, 2.24) is 14.3 Å². The van der Waals surface area contributed by atoms with Crippen molar-refractivity contribution in [2.75, 3.05) is 32.1 Å². The third-order valence-electron chi connectivity index (χ3n) is 3.90. The van der Waals surface area contributed by atoms with Gasteiger partial charge in [-0.1, -0.05) is 30.3 Å². The Bertz CT molecular complexity index is 639. The predicted molar refractivity (Wildman–Crippen MR) is 90.4 cm³/mol. The molecule has 6 nitrogen and oxygen atoms in total. The molecule has 1 aliphatic rings. The van der Waals surface area contributed by atoms with Crippen LogP contribution in [0.5, 0.6) is 0 Å². The number of ether oxygens (including phenoxy) is 1. The molecule has 0 bridgehead atoms. The molecule has 3 rings (SSSR count). The van der Waals surface area contributed by atoms with E-state index in [2.05, 4.69) is 14.7 Å². The molecule has 7 heteroatoms. The monoisotopic (exact) mass is 332 g/mol. The molecule has 1 fully saturated rings. The molecule has 1 aliphatic heterocycles. The lowest BCUT2D eigenvalue weighted by Gasteiger charge is -2.32. The zero-order valence-electron chi connectivity index (χ0n) is 13.1. The Morgan fingerprint density at radius 3 is 2.78 bits per heavy atom. The standard InChI is InChI=1S/C16H20N4O2S/c1-22-11-14(21)20-9-7-13(8-10-20)17-16-18-15(19-23-16)12-5-3-2-4-6-12/h2-6,13H,7-11H2,1H3,(H,17,18,19). The van der Waals surface area contributed by atoms with E-state index in [4.69, 9.17) is 4.74 Å². The number of rotatable bonds is 5. The van der Waals surface area contributed by atoms with Crippen molar-refractivity contribution in [3.63, 3.8) is 0 Å². The van der Waals surface area contributed by atoms with Crippen molar-refractivity contribution in [2.45, 2.75) is 18.9 Å². The number of aromatic nitrogens is 2. The molecule has 1 N–H and O–H groups in total. The lowest BCUT2D eigenvalue weighted by molar-refractivity contribution is -0.136. The summed E-state index contributed by atoms with van der Waals surface area (Å²) >= 11 is 1.38. The molecule has 0 aliphatic carbocycles. The van der Waals surface area contributed by atoms with Gasteiger partial charge in [-0.3, -0.25) is 4.79 Å². The summed E-state index contributed by atoms with van der Waals surface area (Å²) in [5, 5.41) is 4.28. The van der Waals surface area contributed by atoms with Gasteiger partial charge in [0.2, 0.25) is 11.0 Å². The van der Waals surface area contributed by atoms with Crippen LogP contribution in [-0.2, 0) is 9.53 Å². The Kier molecular flexibility index (Phi) is 5.19. The smallest absolute Gasteiger partial charge is 0.248 e. The zero-order valence-corrected chi connectivity index (χ0v) is 13.9. The van der Waals surface area contributed by atoms with Gasteiger partial charge in [0.15, 0.2) is 5.82 Å². The highest BCUT2D eigenvalue weighted by Crippen LogP contribution is 2.23. The minimum atomic E-state index is 0.0632. The molecule has 0 atom stereocenters. The molecule has 0 unspecified atom stereocenters. The molecule has 1 amide bonds. The van der Waals surface area contributed by atoms with Gasteiger partial charge in [-0.2, -0.15) is 9.36 Å². The lowest BCUT2D eigenvalue weighted by atomic mass is 10.1. The van der Waals surface area contributed by atoms with Crippen LogP contribution < -0.4 is 5.32 Å². The van der Waals surface area contributed by atoms with E-state index in [9.17, 15) is 4.79 Å². The molecule has 1 saturated heterocycles. The Morgan fingerprint density at radius 2 is 2.09 bits per heavy atom. The number of amides is 1. The molecule has 1 aromatic heterocycles. The lowest BCUT2D eigenvalue weighted by Crippen LogP contribution is -2.43. The molecular weight excluding hydrogens is 312 g/mol. The van der Waals surface area contributed by atoms with Crippen LogP contribution in [-0.4, -0.2) is 53.0 Å². The van der Waals surface area contributed by atoms with Gasteiger partial charge in [-0.05, 0) is 12.8 Å². The normalized spacial score (nSPS) is 15.6. The number of nitrogens with zero attached hydrogens (tertiary/aromatic N) is 3. The molecule has 23 heavy (non-hydrogen) atoms. The highest BCUT2D eigenvalue weighted by atomic mass is 32.1. The molecule has 0 radical (unpaired) electrons. The van der Waals surface area contributed by atoms with Crippen LogP contribution in [0.1, 0.15) is 12.8 Å². The van der Waals surface area contributed by atoms with Crippen molar-refractivity contribution in [3.05, 3.63) is 30.3 Å². The summed E-state index contributed by atoms with van der Waals surface area (Å²) in [6.45, 7) is 1.67. The Hall–Kier alpha value is -1.99. The molecule has 1 aromatic carbocycles. The quantitative estimate of drug-likeness (QED) is 0.909. The maximum absolute atomic E-state index is 11.8. The van der Waals surface area contributed by atoms with Gasteiger partial charge in [-0.15, -0.1) is 0 Å². The topological polar surface area (TPSA) is 67.3 Å². The number of methoxy groups -OCH3 is 1. The second kappa shape index (κ2) is 7.52. The van der Waals surface area contributed by atoms with Gasteiger partial charge in [0.1, 0.15) is 6.61 Å². The summed E-state index contributed by atoms with van der Waals surface area (Å²) in [7, 11) is 1.55. The van der Waals surface area contributed by atoms with Crippen molar-refractivity contribution in [3.8, 4) is 11.4 Å². The summed E-state index contributed by atoms with van der Waals surface area (Å²) in [5.41, 5.74) is 1.02. The molecule has 2 aromatic rings. The maximum atomic E-state index is 11.8. The van der Waals surface area contributed by atoms with E-state index in [0.29, 0.717) is 6.04 Å². The van der Waals surface area contributed by atoms with Crippen molar-refractivity contribution in [1.29, 1.82) is 0 Å². The van der Waals surface area contributed by atoms with Crippen molar-refractivity contribution in [2.24, 2.45) is 0 Å². The summed E-state index contributed by atoms with van der Waals surface area (Å²) in [6, 6.07) is 10.3. The highest BCUT2D eigenvalue weighted by Gasteiger charge is 2.23. The second-order valence-electron chi connectivity index (χ2n) is 5.52. The minimum absolute atomic E-state index is 0.0632. The van der Waals surface area contributed by atoms with Gasteiger partial charge in [0, 0.05) is 43.3 Å². The number of benzene rings is 1. The van der Waals surface area contributed by atoms with Gasteiger partial charge < -0.3 is 15.0 Å². The summed E-state index contributed by atoms with van der Waals surface area (Å²) in [5.74, 6) is 0.819. The van der Waals surface area contributed by atoms with Crippen LogP contribution in [0.2, 0.25) is 0 Å². The van der Waals surface area contributed by atoms with Crippen LogP contribution in [0.25, 0.3) is 11.4 Å². The van der Waals surface area contributed by atoms with Gasteiger partial charge in [0.25, 0.3) is 0 Å². The molecule has 122 valence electrons. The van der Waals surface area contributed by atoms with Gasteiger partial charge >= 0.3 is 0 Å². The average Bonchev–Trinajstić information content (AvgIpc) is 3.05. The highest BCUT2D eigenvalue weighted by molar-refractivity contribution is 7.09. The largest absolute Gasteiger partial charge is 0.375 e. The fraction of sp³-hybridized carbons (Fsp3) is 0.438. The van der Waals surface area contributed by atoms with E-state index in [1.165, 1.54) is 11.5 Å². The van der Waals surface area contributed by atoms with Crippen LogP contribution in [0.4, 0.5) is 5.13 Å². The van der Waals surface area contributed by atoms with Crippen molar-refractivity contribution < 1.29 is 9.53 Å². The van der Waals surface area contributed by atoms with Crippen LogP contribution in [0.15, 0.2) is 30.3 Å². The van der Waals surface area contributed by atoms with E-state index < -0.39 is 0 Å². The number of hydrogen-bond donors (Lipinski definition) is 1. The Labute approximate surface area is 139 Å².